The van der Waals surface area contributed by atoms with Gasteiger partial charge >= 0.3 is 0 Å². The molecular weight excluding hydrogens is 248 g/mol. The Morgan fingerprint density at radius 2 is 1.30 bits per heavy atom. The van der Waals surface area contributed by atoms with Gasteiger partial charge in [-0.05, 0) is 24.3 Å². The van der Waals surface area contributed by atoms with Crippen molar-refractivity contribution in [3.63, 3.8) is 0 Å². The van der Waals surface area contributed by atoms with E-state index < -0.39 is 0 Å². The molecule has 3 aromatic rings. The fourth-order valence-electron chi connectivity index (χ4n) is 2.07. The van der Waals surface area contributed by atoms with Gasteiger partial charge in [-0.2, -0.15) is 0 Å². The molecule has 20 heavy (non-hydrogen) atoms. The van der Waals surface area contributed by atoms with E-state index in [0.29, 0.717) is 17.2 Å². The summed E-state index contributed by atoms with van der Waals surface area (Å²) in [5, 5.41) is 0. The van der Waals surface area contributed by atoms with Crippen molar-refractivity contribution in [2.75, 3.05) is 11.5 Å². The van der Waals surface area contributed by atoms with Crippen molar-refractivity contribution >= 4 is 11.4 Å². The number of hydrogen-bond donors (Lipinski definition) is 2. The molecule has 0 saturated heterocycles. The number of benzene rings is 2. The Hall–Kier alpha value is -2.88. The molecule has 0 amide bonds. The molecule has 0 spiro atoms. The van der Waals surface area contributed by atoms with E-state index in [0.717, 1.165) is 16.8 Å². The third-order valence-corrected chi connectivity index (χ3v) is 3.09. The quantitative estimate of drug-likeness (QED) is 0.696. The van der Waals surface area contributed by atoms with E-state index in [1.807, 2.05) is 54.6 Å². The number of rotatable bonds is 2. The summed E-state index contributed by atoms with van der Waals surface area (Å²) in [4.78, 5) is 8.86. The summed E-state index contributed by atoms with van der Waals surface area (Å²) in [7, 11) is 0. The van der Waals surface area contributed by atoms with Crippen molar-refractivity contribution in [2.45, 2.75) is 0 Å². The van der Waals surface area contributed by atoms with Crippen molar-refractivity contribution in [3.05, 3.63) is 60.8 Å². The molecule has 2 aromatic carbocycles. The Bertz CT molecular complexity index is 692. The Balaban J connectivity index is 2.12. The first kappa shape index (κ1) is 12.2. The van der Waals surface area contributed by atoms with Crippen LogP contribution >= 0.6 is 0 Å². The second-order valence-corrected chi connectivity index (χ2v) is 4.44. The molecule has 0 unspecified atom stereocenters. The zero-order valence-electron chi connectivity index (χ0n) is 10.8. The molecule has 4 N–H and O–H groups in total. The van der Waals surface area contributed by atoms with Crippen LogP contribution in [0.2, 0.25) is 0 Å². The van der Waals surface area contributed by atoms with Gasteiger partial charge in [0.25, 0.3) is 0 Å². The number of nitrogens with zero attached hydrogens (tertiary/aromatic N) is 2. The maximum Gasteiger partial charge on any atom is 0.161 e. The minimum absolute atomic E-state index is 0.601. The van der Waals surface area contributed by atoms with Gasteiger partial charge in [-0.25, -0.2) is 9.97 Å². The second-order valence-electron chi connectivity index (χ2n) is 4.44. The molecule has 1 heterocycles. The molecule has 0 bridgehead atoms. The van der Waals surface area contributed by atoms with Crippen LogP contribution in [0, 0.1) is 0 Å². The summed E-state index contributed by atoms with van der Waals surface area (Å²) in [6.45, 7) is 0. The molecule has 98 valence electrons. The molecule has 3 rings (SSSR count). The third kappa shape index (κ3) is 2.19. The van der Waals surface area contributed by atoms with Crippen molar-refractivity contribution in [2.24, 2.45) is 0 Å². The van der Waals surface area contributed by atoms with Crippen LogP contribution in [0.1, 0.15) is 0 Å². The zero-order chi connectivity index (χ0) is 13.9. The van der Waals surface area contributed by atoms with Crippen molar-refractivity contribution in [3.8, 4) is 22.6 Å². The number of anilines is 2. The van der Waals surface area contributed by atoms with E-state index in [1.165, 1.54) is 0 Å². The molecule has 4 heteroatoms. The largest absolute Gasteiger partial charge is 0.398 e. The Morgan fingerprint density at radius 3 is 1.95 bits per heavy atom. The van der Waals surface area contributed by atoms with E-state index >= 15 is 0 Å². The molecule has 4 nitrogen and oxygen atoms in total. The highest BCUT2D eigenvalue weighted by atomic mass is 14.9. The van der Waals surface area contributed by atoms with Crippen LogP contribution in [0.4, 0.5) is 11.4 Å². The molecule has 0 fully saturated rings. The van der Waals surface area contributed by atoms with Gasteiger partial charge in [0.05, 0.1) is 5.69 Å². The van der Waals surface area contributed by atoms with Gasteiger partial charge in [-0.15, -0.1) is 0 Å². The zero-order valence-corrected chi connectivity index (χ0v) is 10.8. The average molecular weight is 262 g/mol. The predicted octanol–water partition coefficient (Wildman–Crippen LogP) is 2.98. The molecule has 0 saturated carbocycles. The summed E-state index contributed by atoms with van der Waals surface area (Å²) in [6.07, 6.45) is 1.72. The number of aromatic nitrogens is 2. The average Bonchev–Trinajstić information content (AvgIpc) is 2.48. The number of nitrogens with two attached hydrogens (primary N) is 2. The van der Waals surface area contributed by atoms with Gasteiger partial charge < -0.3 is 11.5 Å². The normalized spacial score (nSPS) is 10.4. The van der Waals surface area contributed by atoms with Crippen molar-refractivity contribution < 1.29 is 0 Å². The standard InChI is InChI=1S/C16H14N4/c17-13-7-3-1-5-11(13)15-9-10-19-16(20-15)12-6-2-4-8-14(12)18/h1-10H,17-18H2. The second kappa shape index (κ2) is 5.01. The third-order valence-electron chi connectivity index (χ3n) is 3.09. The van der Waals surface area contributed by atoms with Gasteiger partial charge in [-0.3, -0.25) is 0 Å². The molecule has 0 aliphatic heterocycles. The minimum atomic E-state index is 0.601. The first-order valence-corrected chi connectivity index (χ1v) is 6.28. The smallest absolute Gasteiger partial charge is 0.161 e. The maximum atomic E-state index is 5.99. The number of para-hydroxylation sites is 2. The van der Waals surface area contributed by atoms with Crippen LogP contribution in [0.3, 0.4) is 0 Å². The van der Waals surface area contributed by atoms with Crippen molar-refractivity contribution in [1.29, 1.82) is 0 Å². The van der Waals surface area contributed by atoms with Crippen molar-refractivity contribution in [1.82, 2.24) is 9.97 Å². The van der Waals surface area contributed by atoms with E-state index in [-0.39, 0.29) is 0 Å². The molecule has 0 aliphatic carbocycles. The number of hydrogen-bond acceptors (Lipinski definition) is 4. The van der Waals surface area contributed by atoms with Gasteiger partial charge in [0.1, 0.15) is 0 Å². The fourth-order valence-corrected chi connectivity index (χ4v) is 2.07. The first-order valence-electron chi connectivity index (χ1n) is 6.28. The molecule has 0 aliphatic rings. The lowest BCUT2D eigenvalue weighted by Crippen LogP contribution is -1.97. The maximum absolute atomic E-state index is 5.99. The van der Waals surface area contributed by atoms with Gasteiger partial charge in [-0.1, -0.05) is 30.3 Å². The Morgan fingerprint density at radius 1 is 0.700 bits per heavy atom. The highest BCUT2D eigenvalue weighted by Crippen LogP contribution is 2.27. The summed E-state index contributed by atoms with van der Waals surface area (Å²) in [6, 6.07) is 17.0. The minimum Gasteiger partial charge on any atom is -0.398 e. The van der Waals surface area contributed by atoms with E-state index in [2.05, 4.69) is 9.97 Å². The summed E-state index contributed by atoms with van der Waals surface area (Å²) in [5.74, 6) is 0.601. The van der Waals surface area contributed by atoms with Gasteiger partial charge in [0.2, 0.25) is 0 Å². The summed E-state index contributed by atoms with van der Waals surface area (Å²) >= 11 is 0. The van der Waals surface area contributed by atoms with Crippen LogP contribution in [-0.4, -0.2) is 9.97 Å². The van der Waals surface area contributed by atoms with Gasteiger partial charge in [0.15, 0.2) is 5.82 Å². The SMILES string of the molecule is Nc1ccccc1-c1ccnc(-c2ccccc2N)n1. The first-order chi connectivity index (χ1) is 9.75. The van der Waals surface area contributed by atoms with Crippen LogP contribution < -0.4 is 11.5 Å². The lowest BCUT2D eigenvalue weighted by molar-refractivity contribution is 1.18. The lowest BCUT2D eigenvalue weighted by Gasteiger charge is -2.07. The molecule has 1 aromatic heterocycles. The molecule has 0 atom stereocenters. The molecular formula is C16H14N4. The van der Waals surface area contributed by atoms with Crippen LogP contribution in [0.5, 0.6) is 0 Å². The molecule has 0 radical (unpaired) electrons. The predicted molar refractivity (Wildman–Crippen MR) is 81.7 cm³/mol. The Kier molecular flexibility index (Phi) is 3.05. The summed E-state index contributed by atoms with van der Waals surface area (Å²) in [5.41, 5.74) is 15.8. The summed E-state index contributed by atoms with van der Waals surface area (Å²) < 4.78 is 0. The highest BCUT2D eigenvalue weighted by molar-refractivity contribution is 5.76. The monoisotopic (exact) mass is 262 g/mol. The lowest BCUT2D eigenvalue weighted by atomic mass is 10.1. The topological polar surface area (TPSA) is 77.8 Å². The fraction of sp³-hybridized carbons (Fsp3) is 0. The van der Waals surface area contributed by atoms with E-state index in [4.69, 9.17) is 11.5 Å². The number of nitrogen functional groups attached to an aromatic ring is 2. The van der Waals surface area contributed by atoms with Crippen LogP contribution in [-0.2, 0) is 0 Å². The van der Waals surface area contributed by atoms with E-state index in [9.17, 15) is 0 Å². The van der Waals surface area contributed by atoms with Crippen LogP contribution in [0.15, 0.2) is 60.8 Å². The van der Waals surface area contributed by atoms with E-state index in [1.54, 1.807) is 6.20 Å². The Labute approximate surface area is 117 Å². The van der Waals surface area contributed by atoms with Crippen LogP contribution in [0.25, 0.3) is 22.6 Å². The van der Waals surface area contributed by atoms with Gasteiger partial charge in [0, 0.05) is 28.7 Å². The highest BCUT2D eigenvalue weighted by Gasteiger charge is 2.08.